The fourth-order valence-corrected chi connectivity index (χ4v) is 1.78. The molecule has 0 spiro atoms. The molecule has 0 aromatic carbocycles. The van der Waals surface area contributed by atoms with Crippen molar-refractivity contribution < 1.29 is 14.7 Å². The standard InChI is InChI=1S/C13H25NO3/c1-2-3-4-5-6-7-8-9-10-11-12(15)14-13(16)17/h2-11H2,1H3,(H,14,15)(H,16,17). The highest BCUT2D eigenvalue weighted by atomic mass is 16.4. The molecule has 0 saturated heterocycles. The maximum atomic E-state index is 11.0. The first-order chi connectivity index (χ1) is 8.16. The van der Waals surface area contributed by atoms with E-state index in [-0.39, 0.29) is 5.91 Å². The van der Waals surface area contributed by atoms with Crippen LogP contribution in [0.1, 0.15) is 71.1 Å². The molecule has 0 saturated carbocycles. The Hall–Kier alpha value is -1.06. The van der Waals surface area contributed by atoms with Gasteiger partial charge in [-0.1, -0.05) is 58.3 Å². The molecule has 0 aliphatic rings. The molecule has 4 nitrogen and oxygen atoms in total. The Morgan fingerprint density at radius 2 is 1.35 bits per heavy atom. The van der Waals surface area contributed by atoms with Gasteiger partial charge in [0.2, 0.25) is 5.91 Å². The lowest BCUT2D eigenvalue weighted by Gasteiger charge is -2.02. The molecule has 0 fully saturated rings. The van der Waals surface area contributed by atoms with Crippen molar-refractivity contribution in [3.05, 3.63) is 0 Å². The lowest BCUT2D eigenvalue weighted by Crippen LogP contribution is -2.28. The van der Waals surface area contributed by atoms with Gasteiger partial charge in [-0.2, -0.15) is 0 Å². The van der Waals surface area contributed by atoms with Crippen LogP contribution in [0, 0.1) is 0 Å². The minimum Gasteiger partial charge on any atom is -0.465 e. The second-order valence-electron chi connectivity index (χ2n) is 4.43. The van der Waals surface area contributed by atoms with Crippen molar-refractivity contribution in [2.75, 3.05) is 0 Å². The number of nitrogens with one attached hydrogen (secondary N) is 1. The van der Waals surface area contributed by atoms with E-state index in [0.717, 1.165) is 19.3 Å². The van der Waals surface area contributed by atoms with E-state index in [4.69, 9.17) is 5.11 Å². The van der Waals surface area contributed by atoms with Gasteiger partial charge in [0.25, 0.3) is 0 Å². The van der Waals surface area contributed by atoms with Crippen molar-refractivity contribution in [3.63, 3.8) is 0 Å². The van der Waals surface area contributed by atoms with E-state index in [1.54, 1.807) is 0 Å². The molecule has 4 heteroatoms. The third-order valence-corrected chi connectivity index (χ3v) is 2.75. The van der Waals surface area contributed by atoms with Crippen LogP contribution < -0.4 is 5.32 Å². The van der Waals surface area contributed by atoms with Crippen LogP contribution >= 0.6 is 0 Å². The zero-order chi connectivity index (χ0) is 12.9. The third kappa shape index (κ3) is 12.9. The van der Waals surface area contributed by atoms with Crippen LogP contribution in [0.4, 0.5) is 4.79 Å². The van der Waals surface area contributed by atoms with Crippen molar-refractivity contribution in [3.8, 4) is 0 Å². The summed E-state index contributed by atoms with van der Waals surface area (Å²) in [4.78, 5) is 21.1. The maximum absolute atomic E-state index is 11.0. The average Bonchev–Trinajstić information content (AvgIpc) is 2.26. The number of rotatable bonds is 10. The molecule has 0 bridgehead atoms. The number of carboxylic acid groups (broad SMARTS) is 1. The number of carbonyl (C=O) groups is 2. The molecule has 100 valence electrons. The first-order valence-electron chi connectivity index (χ1n) is 6.69. The van der Waals surface area contributed by atoms with Gasteiger partial charge >= 0.3 is 6.09 Å². The van der Waals surface area contributed by atoms with Crippen molar-refractivity contribution >= 4 is 12.0 Å². The summed E-state index contributed by atoms with van der Waals surface area (Å²) in [7, 11) is 0. The predicted molar refractivity (Wildman–Crippen MR) is 68.0 cm³/mol. The highest BCUT2D eigenvalue weighted by Crippen LogP contribution is 2.10. The van der Waals surface area contributed by atoms with Gasteiger partial charge in [-0.15, -0.1) is 0 Å². The minimum atomic E-state index is -1.26. The molecule has 0 aliphatic carbocycles. The molecule has 2 amide bonds. The Morgan fingerprint density at radius 1 is 0.882 bits per heavy atom. The van der Waals surface area contributed by atoms with Crippen molar-refractivity contribution in [2.45, 2.75) is 71.1 Å². The zero-order valence-electron chi connectivity index (χ0n) is 10.8. The Bertz CT molecular complexity index is 217. The average molecular weight is 243 g/mol. The van der Waals surface area contributed by atoms with E-state index < -0.39 is 6.09 Å². The summed E-state index contributed by atoms with van der Waals surface area (Å²) in [6, 6.07) is 0. The summed E-state index contributed by atoms with van der Waals surface area (Å²) < 4.78 is 0. The molecular formula is C13H25NO3. The highest BCUT2D eigenvalue weighted by molar-refractivity contribution is 5.90. The smallest absolute Gasteiger partial charge is 0.411 e. The maximum Gasteiger partial charge on any atom is 0.411 e. The van der Waals surface area contributed by atoms with E-state index in [9.17, 15) is 9.59 Å². The molecule has 0 rings (SSSR count). The Morgan fingerprint density at radius 3 is 1.82 bits per heavy atom. The highest BCUT2D eigenvalue weighted by Gasteiger charge is 2.04. The van der Waals surface area contributed by atoms with Crippen LogP contribution in [-0.4, -0.2) is 17.1 Å². The molecule has 0 radical (unpaired) electrons. The van der Waals surface area contributed by atoms with Crippen LogP contribution in [0.15, 0.2) is 0 Å². The Labute approximate surface area is 104 Å². The van der Waals surface area contributed by atoms with Gasteiger partial charge in [-0.3, -0.25) is 10.1 Å². The minimum absolute atomic E-state index is 0.322. The molecule has 0 unspecified atom stereocenters. The van der Waals surface area contributed by atoms with Crippen LogP contribution in [0.2, 0.25) is 0 Å². The van der Waals surface area contributed by atoms with Gasteiger partial charge < -0.3 is 5.11 Å². The molecule has 17 heavy (non-hydrogen) atoms. The van der Waals surface area contributed by atoms with Crippen LogP contribution in [-0.2, 0) is 4.79 Å². The summed E-state index contributed by atoms with van der Waals surface area (Å²) in [5, 5.41) is 10.1. The van der Waals surface area contributed by atoms with Crippen LogP contribution in [0.5, 0.6) is 0 Å². The van der Waals surface area contributed by atoms with Gasteiger partial charge in [-0.25, -0.2) is 4.79 Å². The quantitative estimate of drug-likeness (QED) is 0.575. The second-order valence-corrected chi connectivity index (χ2v) is 4.43. The summed E-state index contributed by atoms with van der Waals surface area (Å²) in [6.45, 7) is 2.21. The number of unbranched alkanes of at least 4 members (excludes halogenated alkanes) is 8. The van der Waals surface area contributed by atoms with E-state index in [2.05, 4.69) is 6.92 Å². The summed E-state index contributed by atoms with van der Waals surface area (Å²) in [5.41, 5.74) is 0. The van der Waals surface area contributed by atoms with E-state index in [1.807, 2.05) is 5.32 Å². The predicted octanol–water partition coefficient (Wildman–Crippen LogP) is 3.70. The summed E-state index contributed by atoms with van der Waals surface area (Å²) in [5.74, 6) is -0.388. The molecular weight excluding hydrogens is 218 g/mol. The number of hydrogen-bond acceptors (Lipinski definition) is 2. The monoisotopic (exact) mass is 243 g/mol. The van der Waals surface area contributed by atoms with Crippen molar-refractivity contribution in [2.24, 2.45) is 0 Å². The number of carbonyl (C=O) groups excluding carboxylic acids is 1. The molecule has 0 aromatic heterocycles. The van der Waals surface area contributed by atoms with Crippen molar-refractivity contribution in [1.29, 1.82) is 0 Å². The fourth-order valence-electron chi connectivity index (χ4n) is 1.78. The normalized spacial score (nSPS) is 10.2. The summed E-state index contributed by atoms with van der Waals surface area (Å²) in [6.07, 6.45) is 9.76. The second kappa shape index (κ2) is 11.4. The SMILES string of the molecule is CCCCCCCCCCCC(=O)NC(=O)O. The molecule has 0 aliphatic heterocycles. The molecule has 0 heterocycles. The largest absolute Gasteiger partial charge is 0.465 e. The third-order valence-electron chi connectivity index (χ3n) is 2.75. The van der Waals surface area contributed by atoms with E-state index in [1.165, 1.54) is 38.5 Å². The zero-order valence-corrected chi connectivity index (χ0v) is 10.8. The lowest BCUT2D eigenvalue weighted by atomic mass is 10.1. The first-order valence-corrected chi connectivity index (χ1v) is 6.69. The van der Waals surface area contributed by atoms with Gasteiger partial charge in [0.05, 0.1) is 0 Å². The van der Waals surface area contributed by atoms with Gasteiger partial charge in [0, 0.05) is 6.42 Å². The lowest BCUT2D eigenvalue weighted by molar-refractivity contribution is -0.120. The first kappa shape index (κ1) is 15.9. The van der Waals surface area contributed by atoms with Crippen LogP contribution in [0.3, 0.4) is 0 Å². The van der Waals surface area contributed by atoms with Gasteiger partial charge in [0.1, 0.15) is 0 Å². The molecule has 2 N–H and O–H groups in total. The van der Waals surface area contributed by atoms with Gasteiger partial charge in [0.15, 0.2) is 0 Å². The summed E-state index contributed by atoms with van der Waals surface area (Å²) >= 11 is 0. The topological polar surface area (TPSA) is 66.4 Å². The Balaban J connectivity index is 3.13. The Kier molecular flexibility index (Phi) is 10.7. The molecule has 0 atom stereocenters. The van der Waals surface area contributed by atoms with Gasteiger partial charge in [-0.05, 0) is 6.42 Å². The van der Waals surface area contributed by atoms with Crippen molar-refractivity contribution in [1.82, 2.24) is 5.32 Å². The number of imide groups is 1. The van der Waals surface area contributed by atoms with Crippen LogP contribution in [0.25, 0.3) is 0 Å². The fraction of sp³-hybridized carbons (Fsp3) is 0.846. The van der Waals surface area contributed by atoms with E-state index >= 15 is 0 Å². The number of hydrogen-bond donors (Lipinski definition) is 2. The van der Waals surface area contributed by atoms with E-state index in [0.29, 0.717) is 6.42 Å². The number of amides is 2. The molecule has 0 aromatic rings.